The van der Waals surface area contributed by atoms with E-state index < -0.39 is 5.92 Å². The number of anilines is 1. The average molecular weight is 246 g/mol. The summed E-state index contributed by atoms with van der Waals surface area (Å²) in [6.07, 6.45) is 0.720. The van der Waals surface area contributed by atoms with E-state index in [9.17, 15) is 9.18 Å². The highest BCUT2D eigenvalue weighted by molar-refractivity contribution is 5.98. The molecule has 4 heteroatoms. The molecule has 0 spiro atoms. The van der Waals surface area contributed by atoms with Crippen molar-refractivity contribution in [3.8, 4) is 6.07 Å². The van der Waals surface area contributed by atoms with Crippen molar-refractivity contribution >= 4 is 11.6 Å². The van der Waals surface area contributed by atoms with Crippen molar-refractivity contribution in [3.05, 3.63) is 29.6 Å². The number of hydrogen-bond donors (Lipinski definition) is 0. The van der Waals surface area contributed by atoms with E-state index in [0.29, 0.717) is 12.2 Å². The molecule has 1 aromatic rings. The molecular formula is C14H15FN2O. The van der Waals surface area contributed by atoms with E-state index in [1.165, 1.54) is 17.0 Å². The van der Waals surface area contributed by atoms with Gasteiger partial charge in [0, 0.05) is 12.2 Å². The van der Waals surface area contributed by atoms with Crippen LogP contribution in [0.25, 0.3) is 0 Å². The van der Waals surface area contributed by atoms with Crippen molar-refractivity contribution in [2.45, 2.75) is 20.3 Å². The topological polar surface area (TPSA) is 44.1 Å². The van der Waals surface area contributed by atoms with Crippen molar-refractivity contribution in [2.24, 2.45) is 11.8 Å². The molecular weight excluding hydrogens is 231 g/mol. The Kier molecular flexibility index (Phi) is 3.33. The van der Waals surface area contributed by atoms with Crippen LogP contribution in [0.3, 0.4) is 0 Å². The zero-order valence-corrected chi connectivity index (χ0v) is 10.5. The van der Waals surface area contributed by atoms with E-state index >= 15 is 0 Å². The van der Waals surface area contributed by atoms with E-state index in [1.807, 2.05) is 19.9 Å². The number of fused-ring (bicyclic) bond motifs is 1. The van der Waals surface area contributed by atoms with Gasteiger partial charge in [0.05, 0.1) is 6.07 Å². The summed E-state index contributed by atoms with van der Waals surface area (Å²) < 4.78 is 13.2. The normalized spacial score (nSPS) is 15.4. The fourth-order valence-corrected chi connectivity index (χ4v) is 2.24. The predicted molar refractivity (Wildman–Crippen MR) is 66.4 cm³/mol. The molecule has 0 aliphatic carbocycles. The molecule has 1 aliphatic heterocycles. The maximum absolute atomic E-state index is 13.2. The van der Waals surface area contributed by atoms with Crippen LogP contribution in [0, 0.1) is 29.0 Å². The second-order valence-electron chi connectivity index (χ2n) is 4.86. The van der Waals surface area contributed by atoms with Gasteiger partial charge in [-0.05, 0) is 30.0 Å². The summed E-state index contributed by atoms with van der Waals surface area (Å²) in [5.74, 6) is -1.29. The first kappa shape index (κ1) is 12.6. The Bertz CT molecular complexity index is 519. The van der Waals surface area contributed by atoms with Gasteiger partial charge in [-0.1, -0.05) is 19.9 Å². The van der Waals surface area contributed by atoms with Crippen molar-refractivity contribution in [1.82, 2.24) is 0 Å². The van der Waals surface area contributed by atoms with Crippen LogP contribution in [-0.2, 0) is 11.2 Å². The lowest BCUT2D eigenvalue weighted by Crippen LogP contribution is -2.36. The van der Waals surface area contributed by atoms with E-state index in [1.54, 1.807) is 6.07 Å². The first-order chi connectivity index (χ1) is 8.54. The molecule has 0 radical (unpaired) electrons. The summed E-state index contributed by atoms with van der Waals surface area (Å²) in [6.45, 7) is 4.21. The molecule has 0 N–H and O–H groups in total. The second-order valence-corrected chi connectivity index (χ2v) is 4.86. The molecule has 0 bridgehead atoms. The van der Waals surface area contributed by atoms with Crippen LogP contribution < -0.4 is 4.90 Å². The van der Waals surface area contributed by atoms with Gasteiger partial charge < -0.3 is 4.90 Å². The van der Waals surface area contributed by atoms with Gasteiger partial charge in [-0.25, -0.2) is 4.39 Å². The average Bonchev–Trinajstić information content (AvgIpc) is 2.71. The number of hydrogen-bond acceptors (Lipinski definition) is 2. The lowest BCUT2D eigenvalue weighted by molar-refractivity contribution is -0.121. The number of amides is 1. The van der Waals surface area contributed by atoms with Crippen LogP contribution in [0.15, 0.2) is 18.2 Å². The summed E-state index contributed by atoms with van der Waals surface area (Å²) in [5.41, 5.74) is 1.58. The highest BCUT2D eigenvalue weighted by atomic mass is 19.1. The molecule has 0 saturated carbocycles. The number of halogens is 1. The fraction of sp³-hybridized carbons (Fsp3) is 0.429. The molecule has 1 aromatic carbocycles. The standard InChI is InChI=1S/C14H15FN2O/c1-9(2)12(8-16)14(18)17-6-5-10-3-4-11(15)7-13(10)17/h3-4,7,9,12H,5-6H2,1-2H3. The molecule has 0 aromatic heterocycles. The number of carbonyl (C=O) groups is 1. The number of rotatable bonds is 2. The van der Waals surface area contributed by atoms with E-state index in [2.05, 4.69) is 0 Å². The Morgan fingerprint density at radius 3 is 2.83 bits per heavy atom. The molecule has 1 unspecified atom stereocenters. The van der Waals surface area contributed by atoms with Crippen LogP contribution >= 0.6 is 0 Å². The predicted octanol–water partition coefficient (Wildman–Crippen LogP) is 2.51. The van der Waals surface area contributed by atoms with Crippen LogP contribution in [0.1, 0.15) is 19.4 Å². The first-order valence-electron chi connectivity index (χ1n) is 6.04. The lowest BCUT2D eigenvalue weighted by Gasteiger charge is -2.22. The van der Waals surface area contributed by atoms with Crippen molar-refractivity contribution in [3.63, 3.8) is 0 Å². The minimum atomic E-state index is -0.667. The number of benzene rings is 1. The van der Waals surface area contributed by atoms with Crippen molar-refractivity contribution < 1.29 is 9.18 Å². The van der Waals surface area contributed by atoms with Gasteiger partial charge in [0.1, 0.15) is 11.7 Å². The zero-order valence-electron chi connectivity index (χ0n) is 10.5. The third-order valence-electron chi connectivity index (χ3n) is 3.28. The molecule has 1 amide bonds. The smallest absolute Gasteiger partial charge is 0.244 e. The van der Waals surface area contributed by atoms with Gasteiger partial charge in [0.2, 0.25) is 5.91 Å². The van der Waals surface area contributed by atoms with E-state index in [-0.39, 0.29) is 17.6 Å². The van der Waals surface area contributed by atoms with Crippen LogP contribution in [0.2, 0.25) is 0 Å². The third kappa shape index (κ3) is 2.08. The Morgan fingerprint density at radius 1 is 1.50 bits per heavy atom. The molecule has 3 nitrogen and oxygen atoms in total. The summed E-state index contributed by atoms with van der Waals surface area (Å²) in [6, 6.07) is 6.51. The monoisotopic (exact) mass is 246 g/mol. The van der Waals surface area contributed by atoms with Crippen LogP contribution in [-0.4, -0.2) is 12.5 Å². The Labute approximate surface area is 106 Å². The van der Waals surface area contributed by atoms with Crippen molar-refractivity contribution in [2.75, 3.05) is 11.4 Å². The minimum Gasteiger partial charge on any atom is -0.311 e. The maximum Gasteiger partial charge on any atom is 0.244 e. The zero-order chi connectivity index (χ0) is 13.3. The van der Waals surface area contributed by atoms with Gasteiger partial charge in [-0.3, -0.25) is 4.79 Å². The quantitative estimate of drug-likeness (QED) is 0.804. The second kappa shape index (κ2) is 4.77. The van der Waals surface area contributed by atoms with Crippen molar-refractivity contribution in [1.29, 1.82) is 5.26 Å². The summed E-state index contributed by atoms with van der Waals surface area (Å²) >= 11 is 0. The lowest BCUT2D eigenvalue weighted by atomic mass is 9.96. The number of nitriles is 1. The van der Waals surface area contributed by atoms with Gasteiger partial charge in [-0.15, -0.1) is 0 Å². The molecule has 1 atom stereocenters. The van der Waals surface area contributed by atoms with Gasteiger partial charge in [0.15, 0.2) is 0 Å². The highest BCUT2D eigenvalue weighted by Gasteiger charge is 2.32. The van der Waals surface area contributed by atoms with Crippen LogP contribution in [0.4, 0.5) is 10.1 Å². The van der Waals surface area contributed by atoms with E-state index in [0.717, 1.165) is 12.0 Å². The number of nitrogens with zero attached hydrogens (tertiary/aromatic N) is 2. The van der Waals surface area contributed by atoms with Gasteiger partial charge in [0.25, 0.3) is 0 Å². The molecule has 1 heterocycles. The maximum atomic E-state index is 13.2. The Hall–Kier alpha value is -1.89. The Morgan fingerprint density at radius 2 is 2.22 bits per heavy atom. The molecule has 1 aliphatic rings. The SMILES string of the molecule is CC(C)C(C#N)C(=O)N1CCc2ccc(F)cc21. The molecule has 94 valence electrons. The fourth-order valence-electron chi connectivity index (χ4n) is 2.24. The highest BCUT2D eigenvalue weighted by Crippen LogP contribution is 2.30. The van der Waals surface area contributed by atoms with Crippen LogP contribution in [0.5, 0.6) is 0 Å². The third-order valence-corrected chi connectivity index (χ3v) is 3.28. The van der Waals surface area contributed by atoms with Gasteiger partial charge >= 0.3 is 0 Å². The molecule has 18 heavy (non-hydrogen) atoms. The molecule has 0 fully saturated rings. The summed E-state index contributed by atoms with van der Waals surface area (Å²) in [5, 5.41) is 9.06. The minimum absolute atomic E-state index is 0.0416. The van der Waals surface area contributed by atoms with E-state index in [4.69, 9.17) is 5.26 Å². The largest absolute Gasteiger partial charge is 0.311 e. The first-order valence-corrected chi connectivity index (χ1v) is 6.04. The Balaban J connectivity index is 2.31. The summed E-state index contributed by atoms with van der Waals surface area (Å²) in [4.78, 5) is 13.8. The summed E-state index contributed by atoms with van der Waals surface area (Å²) in [7, 11) is 0. The number of carbonyl (C=O) groups excluding carboxylic acids is 1. The molecule has 0 saturated heterocycles. The molecule has 2 rings (SSSR count). The van der Waals surface area contributed by atoms with Gasteiger partial charge in [-0.2, -0.15) is 5.26 Å².